The second-order valence-electron chi connectivity index (χ2n) is 8.02. The summed E-state index contributed by atoms with van der Waals surface area (Å²) in [6.07, 6.45) is 24.5. The summed E-state index contributed by atoms with van der Waals surface area (Å²) in [6.45, 7) is 4.85. The number of esters is 2. The number of hydrogen-bond acceptors (Lipinski definition) is 5. The summed E-state index contributed by atoms with van der Waals surface area (Å²) in [5, 5.41) is 0. The van der Waals surface area contributed by atoms with E-state index in [0.29, 0.717) is 19.4 Å². The zero-order valence-electron chi connectivity index (χ0n) is 20.8. The fourth-order valence-electron chi connectivity index (χ4n) is 2.87. The van der Waals surface area contributed by atoms with Crippen molar-refractivity contribution >= 4 is 11.9 Å². The summed E-state index contributed by atoms with van der Waals surface area (Å²) in [7, 11) is 3.81. The third-order valence-electron chi connectivity index (χ3n) is 4.48. The lowest BCUT2D eigenvalue weighted by atomic mass is 10.2. The average Bonchev–Trinajstić information content (AvgIpc) is 2.75. The third-order valence-corrected chi connectivity index (χ3v) is 4.48. The van der Waals surface area contributed by atoms with Crippen LogP contribution in [0, 0.1) is 0 Å². The van der Waals surface area contributed by atoms with Gasteiger partial charge in [-0.2, -0.15) is 0 Å². The number of likely N-dealkylation sites (N-methyl/N-ethyl adjacent to an activating group) is 1. The summed E-state index contributed by atoms with van der Waals surface area (Å²) in [4.78, 5) is 26.1. The van der Waals surface area contributed by atoms with Crippen molar-refractivity contribution in [1.29, 1.82) is 0 Å². The van der Waals surface area contributed by atoms with Crippen molar-refractivity contribution in [2.75, 3.05) is 27.2 Å². The van der Waals surface area contributed by atoms with Gasteiger partial charge in [0.1, 0.15) is 12.7 Å². The Morgan fingerprint density at radius 2 is 1.25 bits per heavy atom. The summed E-state index contributed by atoms with van der Waals surface area (Å²) in [5.41, 5.74) is 0. The molecule has 0 aliphatic carbocycles. The summed E-state index contributed by atoms with van der Waals surface area (Å²) in [5.74, 6) is -0.485. The summed E-state index contributed by atoms with van der Waals surface area (Å²) >= 11 is 0. The lowest BCUT2D eigenvalue weighted by Crippen LogP contribution is -2.34. The number of carbonyl (C=O) groups is 2. The van der Waals surface area contributed by atoms with Gasteiger partial charge in [0, 0.05) is 19.4 Å². The molecule has 0 saturated carbocycles. The van der Waals surface area contributed by atoms with Crippen LogP contribution in [0.1, 0.15) is 78.1 Å². The Morgan fingerprint density at radius 1 is 0.750 bits per heavy atom. The Morgan fingerprint density at radius 3 is 1.75 bits per heavy atom. The number of allylic oxidation sites excluding steroid dienone is 8. The van der Waals surface area contributed by atoms with Gasteiger partial charge in [-0.25, -0.2) is 0 Å². The van der Waals surface area contributed by atoms with Crippen LogP contribution >= 0.6 is 0 Å². The smallest absolute Gasteiger partial charge is 0.306 e. The van der Waals surface area contributed by atoms with Crippen LogP contribution in [-0.4, -0.2) is 50.2 Å². The molecule has 0 spiro atoms. The minimum Gasteiger partial charge on any atom is -0.462 e. The molecule has 0 aromatic rings. The minimum absolute atomic E-state index is 0.101. The van der Waals surface area contributed by atoms with Crippen LogP contribution in [0.4, 0.5) is 0 Å². The Hall–Kier alpha value is -2.14. The lowest BCUT2D eigenvalue weighted by Gasteiger charge is -2.21. The van der Waals surface area contributed by atoms with Crippen LogP contribution in [0.2, 0.25) is 0 Å². The quantitative estimate of drug-likeness (QED) is 0.135. The van der Waals surface area contributed by atoms with E-state index in [1.165, 1.54) is 0 Å². The largest absolute Gasteiger partial charge is 0.462 e. The van der Waals surface area contributed by atoms with E-state index in [4.69, 9.17) is 9.47 Å². The van der Waals surface area contributed by atoms with Gasteiger partial charge in [0.25, 0.3) is 0 Å². The first-order valence-electron chi connectivity index (χ1n) is 12.1. The van der Waals surface area contributed by atoms with Crippen molar-refractivity contribution in [1.82, 2.24) is 4.90 Å². The SMILES string of the molecule is CC/C=C/C/C=C/CCCC(=O)OCC(CN(C)C)OC(=O)CCC/C=C/C/C=C/CC. The van der Waals surface area contributed by atoms with Crippen molar-refractivity contribution in [2.24, 2.45) is 0 Å². The Kier molecular flexibility index (Phi) is 20.6. The van der Waals surface area contributed by atoms with Crippen LogP contribution in [0.3, 0.4) is 0 Å². The normalized spacial score (nSPS) is 13.2. The Balaban J connectivity index is 4.11. The fraction of sp³-hybridized carbons (Fsp3) is 0.630. The highest BCUT2D eigenvalue weighted by Crippen LogP contribution is 2.06. The van der Waals surface area contributed by atoms with Gasteiger partial charge in [-0.05, 0) is 65.5 Å². The molecule has 0 aromatic heterocycles. The molecule has 5 heteroatoms. The fourth-order valence-corrected chi connectivity index (χ4v) is 2.87. The van der Waals surface area contributed by atoms with E-state index in [1.54, 1.807) is 0 Å². The molecule has 0 N–H and O–H groups in total. The van der Waals surface area contributed by atoms with Crippen molar-refractivity contribution in [3.05, 3.63) is 48.6 Å². The maximum Gasteiger partial charge on any atom is 0.306 e. The molecule has 0 aromatic carbocycles. The van der Waals surface area contributed by atoms with Crippen molar-refractivity contribution in [3.8, 4) is 0 Å². The van der Waals surface area contributed by atoms with Crippen LogP contribution in [-0.2, 0) is 19.1 Å². The zero-order valence-corrected chi connectivity index (χ0v) is 20.8. The second kappa shape index (κ2) is 22.1. The predicted octanol–water partition coefficient (Wildman–Crippen LogP) is 6.17. The van der Waals surface area contributed by atoms with Crippen LogP contribution in [0.5, 0.6) is 0 Å². The molecular formula is C27H45NO4. The van der Waals surface area contributed by atoms with E-state index in [9.17, 15) is 9.59 Å². The number of ether oxygens (including phenoxy) is 2. The topological polar surface area (TPSA) is 55.8 Å². The minimum atomic E-state index is -0.443. The monoisotopic (exact) mass is 447 g/mol. The lowest BCUT2D eigenvalue weighted by molar-refractivity contribution is -0.160. The first kappa shape index (κ1) is 29.9. The summed E-state index contributed by atoms with van der Waals surface area (Å²) < 4.78 is 10.9. The highest BCUT2D eigenvalue weighted by molar-refractivity contribution is 5.70. The van der Waals surface area contributed by atoms with Gasteiger partial charge in [-0.1, -0.05) is 62.5 Å². The molecule has 0 rings (SSSR count). The standard InChI is InChI=1S/C27H45NO4/c1-5-7-9-11-13-15-17-19-21-26(29)31-24-25(23-28(3)4)32-27(30)22-20-18-16-14-12-10-8-6-2/h7-10,13-16,25H,5-6,11-12,17-24H2,1-4H3/b9-7+,10-8+,15-13+,16-14+. The summed E-state index contributed by atoms with van der Waals surface area (Å²) in [6, 6.07) is 0. The molecule has 5 nitrogen and oxygen atoms in total. The number of hydrogen-bond donors (Lipinski definition) is 0. The van der Waals surface area contributed by atoms with Crippen LogP contribution < -0.4 is 0 Å². The maximum absolute atomic E-state index is 12.2. The van der Waals surface area contributed by atoms with Crippen molar-refractivity contribution in [3.63, 3.8) is 0 Å². The van der Waals surface area contributed by atoms with E-state index in [0.717, 1.165) is 51.4 Å². The van der Waals surface area contributed by atoms with E-state index in [-0.39, 0.29) is 18.5 Å². The number of rotatable bonds is 19. The number of unbranched alkanes of at least 4 members (excludes halogenated alkanes) is 2. The van der Waals surface area contributed by atoms with E-state index < -0.39 is 6.10 Å². The third kappa shape index (κ3) is 21.1. The second-order valence-corrected chi connectivity index (χ2v) is 8.02. The molecule has 1 unspecified atom stereocenters. The van der Waals surface area contributed by atoms with Gasteiger partial charge in [0.2, 0.25) is 0 Å². The first-order chi connectivity index (χ1) is 15.5. The number of nitrogens with zero attached hydrogens (tertiary/aromatic N) is 1. The molecule has 32 heavy (non-hydrogen) atoms. The molecule has 0 saturated heterocycles. The zero-order chi connectivity index (χ0) is 23.9. The maximum atomic E-state index is 12.2. The molecule has 1 atom stereocenters. The molecule has 0 aliphatic rings. The van der Waals surface area contributed by atoms with Crippen LogP contribution in [0.15, 0.2) is 48.6 Å². The molecular weight excluding hydrogens is 402 g/mol. The van der Waals surface area contributed by atoms with Gasteiger partial charge >= 0.3 is 11.9 Å². The molecule has 0 aliphatic heterocycles. The highest BCUT2D eigenvalue weighted by atomic mass is 16.6. The van der Waals surface area contributed by atoms with Gasteiger partial charge in [-0.3, -0.25) is 9.59 Å². The van der Waals surface area contributed by atoms with E-state index >= 15 is 0 Å². The van der Waals surface area contributed by atoms with Crippen LogP contribution in [0.25, 0.3) is 0 Å². The van der Waals surface area contributed by atoms with Crippen molar-refractivity contribution < 1.29 is 19.1 Å². The highest BCUT2D eigenvalue weighted by Gasteiger charge is 2.17. The van der Waals surface area contributed by atoms with Gasteiger partial charge < -0.3 is 14.4 Å². The Bertz CT molecular complexity index is 590. The molecule has 182 valence electrons. The molecule has 0 fully saturated rings. The molecule has 0 amide bonds. The first-order valence-corrected chi connectivity index (χ1v) is 12.1. The van der Waals surface area contributed by atoms with Gasteiger partial charge in [0.05, 0.1) is 0 Å². The predicted molar refractivity (Wildman–Crippen MR) is 133 cm³/mol. The van der Waals surface area contributed by atoms with E-state index in [1.807, 2.05) is 19.0 Å². The molecule has 0 heterocycles. The average molecular weight is 448 g/mol. The number of carbonyl (C=O) groups excluding carboxylic acids is 2. The molecule has 0 bridgehead atoms. The molecule has 0 radical (unpaired) electrons. The van der Waals surface area contributed by atoms with E-state index in [2.05, 4.69) is 62.5 Å². The van der Waals surface area contributed by atoms with Crippen molar-refractivity contribution in [2.45, 2.75) is 84.2 Å². The van der Waals surface area contributed by atoms with Gasteiger partial charge in [0.15, 0.2) is 0 Å². The van der Waals surface area contributed by atoms with Gasteiger partial charge in [-0.15, -0.1) is 0 Å². The Labute approximate surface area is 196 Å².